The van der Waals surface area contributed by atoms with Gasteiger partial charge in [-0.25, -0.2) is 9.65 Å². The lowest BCUT2D eigenvalue weighted by atomic mass is 10.1. The SMILES string of the molecule is CCCCCCCCCCCCNP1(=O)OCCC(CCl)O1. The van der Waals surface area contributed by atoms with Crippen LogP contribution >= 0.6 is 19.3 Å². The molecule has 0 aromatic rings. The molecule has 1 heterocycles. The molecule has 1 fully saturated rings. The maximum absolute atomic E-state index is 12.2. The number of alkyl halides is 1. The Morgan fingerprint density at radius 1 is 1.05 bits per heavy atom. The van der Waals surface area contributed by atoms with Gasteiger partial charge in [0.15, 0.2) is 0 Å². The van der Waals surface area contributed by atoms with Crippen molar-refractivity contribution in [1.29, 1.82) is 0 Å². The zero-order valence-electron chi connectivity index (χ0n) is 14.0. The van der Waals surface area contributed by atoms with Crippen LogP contribution in [-0.2, 0) is 13.6 Å². The first-order valence-corrected chi connectivity index (χ1v) is 11.0. The van der Waals surface area contributed by atoms with Crippen molar-refractivity contribution in [2.45, 2.75) is 83.7 Å². The second-order valence-corrected chi connectivity index (χ2v) is 8.18. The first-order valence-electron chi connectivity index (χ1n) is 8.94. The number of hydrogen-bond donors (Lipinski definition) is 1. The van der Waals surface area contributed by atoms with E-state index in [2.05, 4.69) is 12.0 Å². The highest BCUT2D eigenvalue weighted by Gasteiger charge is 2.32. The standard InChI is InChI=1S/C16H33ClNO3P/c1-2-3-4-5-6-7-8-9-10-11-13-18-22(19)20-14-12-16(15-17)21-22/h16H,2-15H2,1H3,(H,18,19). The summed E-state index contributed by atoms with van der Waals surface area (Å²) in [5.74, 6) is 0.368. The fourth-order valence-electron chi connectivity index (χ4n) is 2.60. The Labute approximate surface area is 141 Å². The molecule has 0 aromatic carbocycles. The van der Waals surface area contributed by atoms with E-state index in [0.29, 0.717) is 25.5 Å². The molecule has 4 nitrogen and oxygen atoms in total. The summed E-state index contributed by atoms with van der Waals surface area (Å²) in [5, 5.41) is 2.94. The summed E-state index contributed by atoms with van der Waals surface area (Å²) in [6.07, 6.45) is 13.5. The number of hydrogen-bond acceptors (Lipinski definition) is 3. The Balaban J connectivity index is 1.91. The Hall–Kier alpha value is 0.400. The molecule has 1 N–H and O–H groups in total. The van der Waals surface area contributed by atoms with E-state index in [4.69, 9.17) is 20.6 Å². The van der Waals surface area contributed by atoms with Crippen LogP contribution in [0.2, 0.25) is 0 Å². The molecule has 6 heteroatoms. The van der Waals surface area contributed by atoms with Gasteiger partial charge in [-0.1, -0.05) is 64.7 Å². The second kappa shape index (κ2) is 12.8. The molecule has 1 saturated heterocycles. The van der Waals surface area contributed by atoms with Gasteiger partial charge in [0.05, 0.1) is 12.7 Å². The van der Waals surface area contributed by atoms with Gasteiger partial charge in [0, 0.05) is 12.4 Å². The monoisotopic (exact) mass is 353 g/mol. The lowest BCUT2D eigenvalue weighted by Gasteiger charge is -2.28. The molecule has 0 aliphatic carbocycles. The van der Waals surface area contributed by atoms with E-state index in [1.807, 2.05) is 0 Å². The average molecular weight is 354 g/mol. The summed E-state index contributed by atoms with van der Waals surface area (Å²) in [6, 6.07) is 0. The van der Waals surface area contributed by atoms with Crippen LogP contribution in [0.15, 0.2) is 0 Å². The largest absolute Gasteiger partial charge is 0.405 e. The van der Waals surface area contributed by atoms with Crippen LogP contribution < -0.4 is 5.09 Å². The third kappa shape index (κ3) is 9.52. The third-order valence-corrected chi connectivity index (χ3v) is 6.05. The first-order chi connectivity index (χ1) is 10.7. The van der Waals surface area contributed by atoms with E-state index in [0.717, 1.165) is 6.42 Å². The van der Waals surface area contributed by atoms with Crippen LogP contribution in [0.25, 0.3) is 0 Å². The maximum atomic E-state index is 12.2. The molecule has 2 atom stereocenters. The zero-order valence-corrected chi connectivity index (χ0v) is 15.7. The minimum Gasteiger partial charge on any atom is -0.297 e. The van der Waals surface area contributed by atoms with Crippen molar-refractivity contribution in [3.63, 3.8) is 0 Å². The van der Waals surface area contributed by atoms with Gasteiger partial charge in [0.1, 0.15) is 0 Å². The van der Waals surface area contributed by atoms with Gasteiger partial charge in [0.25, 0.3) is 0 Å². The maximum Gasteiger partial charge on any atom is 0.405 e. The first kappa shape index (κ1) is 20.4. The summed E-state index contributed by atoms with van der Waals surface area (Å²) < 4.78 is 22.9. The molecular weight excluding hydrogens is 321 g/mol. The fourth-order valence-corrected chi connectivity index (χ4v) is 4.48. The average Bonchev–Trinajstić information content (AvgIpc) is 2.52. The second-order valence-electron chi connectivity index (χ2n) is 6.09. The van der Waals surface area contributed by atoms with Gasteiger partial charge < -0.3 is 0 Å². The topological polar surface area (TPSA) is 47.6 Å². The van der Waals surface area contributed by atoms with E-state index < -0.39 is 7.75 Å². The van der Waals surface area contributed by atoms with Gasteiger partial charge in [-0.3, -0.25) is 9.05 Å². The molecule has 0 radical (unpaired) electrons. The van der Waals surface area contributed by atoms with Crippen LogP contribution in [0.3, 0.4) is 0 Å². The molecule has 1 aliphatic heterocycles. The van der Waals surface area contributed by atoms with Crippen LogP contribution in [0, 0.1) is 0 Å². The summed E-state index contributed by atoms with van der Waals surface area (Å²) in [7, 11) is -3.10. The van der Waals surface area contributed by atoms with Crippen molar-refractivity contribution in [2.75, 3.05) is 19.0 Å². The summed E-state index contributed by atoms with van der Waals surface area (Å²) in [5.41, 5.74) is 0. The van der Waals surface area contributed by atoms with Crippen LogP contribution in [0.1, 0.15) is 77.6 Å². The fraction of sp³-hybridized carbons (Fsp3) is 1.00. The van der Waals surface area contributed by atoms with Crippen molar-refractivity contribution in [3.05, 3.63) is 0 Å². The Kier molecular flexibility index (Phi) is 11.9. The minimum atomic E-state index is -3.10. The van der Waals surface area contributed by atoms with Gasteiger partial charge in [0.2, 0.25) is 0 Å². The van der Waals surface area contributed by atoms with Crippen LogP contribution in [0.4, 0.5) is 0 Å². The van der Waals surface area contributed by atoms with E-state index in [-0.39, 0.29) is 6.10 Å². The van der Waals surface area contributed by atoms with E-state index >= 15 is 0 Å². The predicted molar refractivity (Wildman–Crippen MR) is 93.6 cm³/mol. The van der Waals surface area contributed by atoms with E-state index in [1.54, 1.807) is 0 Å². The number of halogens is 1. The normalized spacial score (nSPS) is 25.5. The molecular formula is C16H33ClNO3P. The third-order valence-electron chi connectivity index (χ3n) is 4.00. The highest BCUT2D eigenvalue weighted by atomic mass is 35.5. The van der Waals surface area contributed by atoms with Gasteiger partial charge in [-0.2, -0.15) is 0 Å². The molecule has 1 rings (SSSR count). The molecule has 132 valence electrons. The molecule has 1 aliphatic rings. The Bertz CT molecular complexity index is 318. The van der Waals surface area contributed by atoms with Crippen molar-refractivity contribution < 1.29 is 13.6 Å². The number of unbranched alkanes of at least 4 members (excludes halogenated alkanes) is 9. The molecule has 0 amide bonds. The Morgan fingerprint density at radius 2 is 1.64 bits per heavy atom. The van der Waals surface area contributed by atoms with Crippen molar-refractivity contribution in [2.24, 2.45) is 0 Å². The van der Waals surface area contributed by atoms with Crippen molar-refractivity contribution in [3.8, 4) is 0 Å². The molecule has 0 aromatic heterocycles. The van der Waals surface area contributed by atoms with Gasteiger partial charge in [-0.05, 0) is 12.8 Å². The molecule has 0 bridgehead atoms. The number of rotatable bonds is 13. The Morgan fingerprint density at radius 3 is 2.23 bits per heavy atom. The molecule has 2 unspecified atom stereocenters. The van der Waals surface area contributed by atoms with Gasteiger partial charge >= 0.3 is 7.75 Å². The summed E-state index contributed by atoms with van der Waals surface area (Å²) >= 11 is 5.75. The number of nitrogens with one attached hydrogen (secondary N) is 1. The lowest BCUT2D eigenvalue weighted by molar-refractivity contribution is 0.0884. The molecule has 22 heavy (non-hydrogen) atoms. The van der Waals surface area contributed by atoms with Gasteiger partial charge in [-0.15, -0.1) is 11.6 Å². The molecule has 0 spiro atoms. The highest BCUT2D eigenvalue weighted by molar-refractivity contribution is 7.51. The predicted octanol–water partition coefficient (Wildman–Crippen LogP) is 5.65. The summed E-state index contributed by atoms with van der Waals surface area (Å²) in [6.45, 7) is 3.39. The minimum absolute atomic E-state index is 0.151. The van der Waals surface area contributed by atoms with Crippen LogP contribution in [-0.4, -0.2) is 25.1 Å². The van der Waals surface area contributed by atoms with Crippen LogP contribution in [0.5, 0.6) is 0 Å². The summed E-state index contributed by atoms with van der Waals surface area (Å²) in [4.78, 5) is 0. The quantitative estimate of drug-likeness (QED) is 0.264. The lowest BCUT2D eigenvalue weighted by Crippen LogP contribution is -2.28. The van der Waals surface area contributed by atoms with Crippen molar-refractivity contribution in [1.82, 2.24) is 5.09 Å². The van der Waals surface area contributed by atoms with E-state index in [9.17, 15) is 4.57 Å². The zero-order chi connectivity index (χ0) is 16.1. The molecule has 0 saturated carbocycles. The smallest absolute Gasteiger partial charge is 0.297 e. The van der Waals surface area contributed by atoms with E-state index in [1.165, 1.54) is 57.8 Å². The van der Waals surface area contributed by atoms with Crippen molar-refractivity contribution >= 4 is 19.3 Å². The highest BCUT2D eigenvalue weighted by Crippen LogP contribution is 2.48.